The van der Waals surface area contributed by atoms with E-state index in [9.17, 15) is 15.0 Å². The number of carbonyl (C=O) groups excluding carboxylic acids is 1. The van der Waals surface area contributed by atoms with Crippen LogP contribution in [0.15, 0.2) is 30.0 Å². The molecule has 2 aliphatic rings. The molecule has 4 rings (SSSR count). The third kappa shape index (κ3) is 3.34. The number of hydrogen-bond donors (Lipinski definition) is 2. The highest BCUT2D eigenvalue weighted by atomic mass is 35.5. The Morgan fingerprint density at radius 1 is 1.24 bits per heavy atom. The predicted octanol–water partition coefficient (Wildman–Crippen LogP) is 6.55. The summed E-state index contributed by atoms with van der Waals surface area (Å²) in [5.74, 6) is -0.846. The van der Waals surface area contributed by atoms with Crippen LogP contribution in [0.2, 0.25) is 8.67 Å². The molecule has 1 fully saturated rings. The number of carbonyl (C=O) groups is 1. The Bertz CT molecular complexity index is 1020. The number of rotatable bonds is 3. The molecule has 1 saturated carbocycles. The van der Waals surface area contributed by atoms with Gasteiger partial charge in [-0.1, -0.05) is 49.2 Å². The number of halogens is 2. The lowest BCUT2D eigenvalue weighted by atomic mass is 9.66. The second kappa shape index (κ2) is 7.42. The summed E-state index contributed by atoms with van der Waals surface area (Å²) in [5.41, 5.74) is 2.61. The van der Waals surface area contributed by atoms with E-state index in [2.05, 4.69) is 0 Å². The highest BCUT2D eigenvalue weighted by Crippen LogP contribution is 2.53. The van der Waals surface area contributed by atoms with Crippen molar-refractivity contribution in [2.24, 2.45) is 17.8 Å². The van der Waals surface area contributed by atoms with Gasteiger partial charge < -0.3 is 10.2 Å². The van der Waals surface area contributed by atoms with E-state index >= 15 is 0 Å². The fourth-order valence-corrected chi connectivity index (χ4v) is 6.49. The molecule has 2 N–H and O–H groups in total. The van der Waals surface area contributed by atoms with Crippen LogP contribution in [0.3, 0.4) is 0 Å². The normalized spacial score (nSPS) is 29.4. The van der Waals surface area contributed by atoms with Crippen LogP contribution in [0.5, 0.6) is 0 Å². The highest BCUT2D eigenvalue weighted by molar-refractivity contribution is 7.20. The lowest BCUT2D eigenvalue weighted by Gasteiger charge is -2.41. The number of aryl methyl sites for hydroxylation is 1. The van der Waals surface area contributed by atoms with Gasteiger partial charge in [-0.15, -0.1) is 11.3 Å². The molecule has 3 nitrogen and oxygen atoms in total. The van der Waals surface area contributed by atoms with Gasteiger partial charge in [-0.3, -0.25) is 4.79 Å². The van der Waals surface area contributed by atoms with Crippen molar-refractivity contribution in [2.75, 3.05) is 0 Å². The number of allylic oxidation sites excluding steroid dienone is 2. The molecule has 0 saturated heterocycles. The van der Waals surface area contributed by atoms with E-state index in [-0.39, 0.29) is 23.4 Å². The number of Topliss-reactive ketones (excluding diaryl/α,β-unsaturated/α-hetero) is 1. The molecule has 6 heteroatoms. The van der Waals surface area contributed by atoms with Crippen LogP contribution in [-0.2, 0) is 11.2 Å². The SMILES string of the molecule is CCc1ccc(-c2cc(Cl)sc2Cl)cc1C1=C(O)[C@@H]2C(C)CC[C@](C)(O)[C@@H]2C1=O. The van der Waals surface area contributed by atoms with Crippen LogP contribution in [0, 0.1) is 17.8 Å². The van der Waals surface area contributed by atoms with Crippen LogP contribution in [0.1, 0.15) is 44.7 Å². The summed E-state index contributed by atoms with van der Waals surface area (Å²) in [6.45, 7) is 5.79. The molecule has 0 spiro atoms. The first-order chi connectivity index (χ1) is 13.7. The first-order valence-electron chi connectivity index (χ1n) is 9.94. The Morgan fingerprint density at radius 3 is 2.55 bits per heavy atom. The number of hydrogen-bond acceptors (Lipinski definition) is 4. The minimum atomic E-state index is -1.11. The summed E-state index contributed by atoms with van der Waals surface area (Å²) < 4.78 is 1.19. The lowest BCUT2D eigenvalue weighted by Crippen LogP contribution is -2.47. The molecule has 1 aromatic carbocycles. The van der Waals surface area contributed by atoms with E-state index in [0.29, 0.717) is 20.7 Å². The van der Waals surface area contributed by atoms with Gasteiger partial charge in [0, 0.05) is 11.5 Å². The third-order valence-corrected chi connectivity index (χ3v) is 8.06. The van der Waals surface area contributed by atoms with Gasteiger partial charge in [-0.2, -0.15) is 0 Å². The third-order valence-electron chi connectivity index (χ3n) is 6.58. The Labute approximate surface area is 185 Å². The average Bonchev–Trinajstić information content (AvgIpc) is 3.14. The van der Waals surface area contributed by atoms with Gasteiger partial charge >= 0.3 is 0 Å². The smallest absolute Gasteiger partial charge is 0.173 e. The van der Waals surface area contributed by atoms with Crippen molar-refractivity contribution in [3.8, 4) is 11.1 Å². The Kier molecular flexibility index (Phi) is 5.35. The fourth-order valence-electron chi connectivity index (χ4n) is 4.98. The van der Waals surface area contributed by atoms with Crippen molar-refractivity contribution in [1.82, 2.24) is 0 Å². The molecule has 2 aliphatic carbocycles. The molecule has 2 aromatic rings. The van der Waals surface area contributed by atoms with Crippen molar-refractivity contribution in [3.63, 3.8) is 0 Å². The zero-order valence-corrected chi connectivity index (χ0v) is 19.0. The minimum absolute atomic E-state index is 0.119. The average molecular weight is 451 g/mol. The number of ketones is 1. The maximum absolute atomic E-state index is 13.5. The van der Waals surface area contributed by atoms with Crippen molar-refractivity contribution in [2.45, 2.75) is 45.6 Å². The zero-order valence-electron chi connectivity index (χ0n) is 16.6. The van der Waals surface area contributed by atoms with Gasteiger partial charge in [0.25, 0.3) is 0 Å². The molecule has 1 aromatic heterocycles. The minimum Gasteiger partial charge on any atom is -0.511 e. The van der Waals surface area contributed by atoms with Gasteiger partial charge in [0.15, 0.2) is 5.78 Å². The second-order valence-electron chi connectivity index (χ2n) is 8.46. The van der Waals surface area contributed by atoms with Crippen molar-refractivity contribution < 1.29 is 15.0 Å². The molecule has 0 bridgehead atoms. The van der Waals surface area contributed by atoms with E-state index in [0.717, 1.165) is 35.1 Å². The van der Waals surface area contributed by atoms with Crippen LogP contribution >= 0.6 is 34.5 Å². The highest BCUT2D eigenvalue weighted by Gasteiger charge is 2.55. The molecule has 0 aliphatic heterocycles. The van der Waals surface area contributed by atoms with Gasteiger partial charge in [0.1, 0.15) is 10.1 Å². The van der Waals surface area contributed by atoms with Crippen LogP contribution in [0.4, 0.5) is 0 Å². The van der Waals surface area contributed by atoms with Gasteiger partial charge in [-0.25, -0.2) is 0 Å². The first-order valence-corrected chi connectivity index (χ1v) is 11.5. The van der Waals surface area contributed by atoms with E-state index in [1.807, 2.05) is 38.1 Å². The Hall–Kier alpha value is -1.33. The summed E-state index contributed by atoms with van der Waals surface area (Å²) in [4.78, 5) is 13.5. The summed E-state index contributed by atoms with van der Waals surface area (Å²) in [6, 6.07) is 7.68. The number of thiophene rings is 1. The largest absolute Gasteiger partial charge is 0.511 e. The Balaban J connectivity index is 1.88. The van der Waals surface area contributed by atoms with E-state index in [4.69, 9.17) is 23.2 Å². The van der Waals surface area contributed by atoms with Crippen LogP contribution < -0.4 is 0 Å². The monoisotopic (exact) mass is 450 g/mol. The summed E-state index contributed by atoms with van der Waals surface area (Å²) in [6.07, 6.45) is 2.06. The summed E-state index contributed by atoms with van der Waals surface area (Å²) in [7, 11) is 0. The van der Waals surface area contributed by atoms with Crippen LogP contribution in [-0.4, -0.2) is 21.6 Å². The number of aliphatic hydroxyl groups excluding tert-OH is 1. The quantitative estimate of drug-likeness (QED) is 0.557. The van der Waals surface area contributed by atoms with E-state index in [1.165, 1.54) is 11.3 Å². The summed E-state index contributed by atoms with van der Waals surface area (Å²) in [5, 5.41) is 22.1. The first kappa shape index (κ1) is 20.9. The van der Waals surface area contributed by atoms with Crippen molar-refractivity contribution in [3.05, 3.63) is 49.8 Å². The maximum Gasteiger partial charge on any atom is 0.173 e. The molecule has 29 heavy (non-hydrogen) atoms. The molecule has 0 amide bonds. The fraction of sp³-hybridized carbons (Fsp3) is 0.435. The molecule has 1 heterocycles. The van der Waals surface area contributed by atoms with Crippen molar-refractivity contribution in [1.29, 1.82) is 0 Å². The molecule has 0 radical (unpaired) electrons. The molecule has 154 valence electrons. The number of aliphatic hydroxyl groups is 2. The van der Waals surface area contributed by atoms with Gasteiger partial charge in [0.05, 0.1) is 21.4 Å². The maximum atomic E-state index is 13.5. The molecular weight excluding hydrogens is 427 g/mol. The van der Waals surface area contributed by atoms with Crippen LogP contribution in [0.25, 0.3) is 16.7 Å². The summed E-state index contributed by atoms with van der Waals surface area (Å²) >= 11 is 13.8. The standard InChI is InChI=1S/C23H24Cl2O3S/c1-4-12-5-6-13(15-10-16(24)29-22(15)25)9-14(12)18-20(26)17-11(2)7-8-23(3,28)19(17)21(18)27/h5-6,9-11,17,19,26,28H,4,7-8H2,1-3H3/t11?,17-,19+,23+/m1/s1. The molecule has 4 atom stereocenters. The molecule has 1 unspecified atom stereocenters. The zero-order chi connectivity index (χ0) is 21.1. The van der Waals surface area contributed by atoms with Crippen molar-refractivity contribution >= 4 is 45.9 Å². The molecular formula is C23H24Cl2O3S. The second-order valence-corrected chi connectivity index (χ2v) is 10.8. The Morgan fingerprint density at radius 2 is 1.97 bits per heavy atom. The predicted molar refractivity (Wildman–Crippen MR) is 120 cm³/mol. The van der Waals surface area contributed by atoms with E-state index < -0.39 is 11.5 Å². The van der Waals surface area contributed by atoms with Gasteiger partial charge in [0.2, 0.25) is 0 Å². The number of fused-ring (bicyclic) bond motifs is 1. The van der Waals surface area contributed by atoms with Gasteiger partial charge in [-0.05, 0) is 60.9 Å². The topological polar surface area (TPSA) is 57.5 Å². The van der Waals surface area contributed by atoms with E-state index in [1.54, 1.807) is 6.92 Å². The number of benzene rings is 1. The lowest BCUT2D eigenvalue weighted by molar-refractivity contribution is -0.133.